The lowest BCUT2D eigenvalue weighted by Crippen LogP contribution is -2.39. The summed E-state index contributed by atoms with van der Waals surface area (Å²) in [5, 5.41) is 6.95. The summed E-state index contributed by atoms with van der Waals surface area (Å²) in [6, 6.07) is 12.7. The van der Waals surface area contributed by atoms with Crippen molar-refractivity contribution in [3.63, 3.8) is 0 Å². The molecule has 0 atom stereocenters. The van der Waals surface area contributed by atoms with Crippen LogP contribution in [0, 0.1) is 6.92 Å². The van der Waals surface area contributed by atoms with Gasteiger partial charge in [0.25, 0.3) is 0 Å². The minimum atomic E-state index is -0.236. The van der Waals surface area contributed by atoms with E-state index in [9.17, 15) is 4.79 Å². The lowest BCUT2D eigenvalue weighted by Gasteiger charge is -2.25. The first-order chi connectivity index (χ1) is 14.4. The van der Waals surface area contributed by atoms with Gasteiger partial charge in [0.1, 0.15) is 6.54 Å². The number of carbonyl (C=O) groups is 1. The Balaban J connectivity index is 1.75. The van der Waals surface area contributed by atoms with E-state index in [1.54, 1.807) is 31.3 Å². The van der Waals surface area contributed by atoms with E-state index in [0.29, 0.717) is 23.2 Å². The van der Waals surface area contributed by atoms with E-state index in [0.717, 1.165) is 16.8 Å². The lowest BCUT2D eigenvalue weighted by molar-refractivity contribution is 0.182. The molecular formula is C22H26N4O4. The number of carbonyl (C=O) groups excluding carboxylic acids is 1. The van der Waals surface area contributed by atoms with E-state index in [4.69, 9.17) is 14.0 Å². The average molecular weight is 410 g/mol. The molecule has 3 aromatic rings. The van der Waals surface area contributed by atoms with Gasteiger partial charge in [-0.3, -0.25) is 0 Å². The van der Waals surface area contributed by atoms with Gasteiger partial charge in [0.05, 0.1) is 14.2 Å². The largest absolute Gasteiger partial charge is 0.493 e. The third kappa shape index (κ3) is 4.89. The van der Waals surface area contributed by atoms with Gasteiger partial charge in [-0.1, -0.05) is 22.9 Å². The minimum absolute atomic E-state index is 0.0631. The zero-order valence-electron chi connectivity index (χ0n) is 17.8. The lowest BCUT2D eigenvalue weighted by atomic mass is 10.2. The second-order valence-corrected chi connectivity index (χ2v) is 7.10. The van der Waals surface area contributed by atoms with E-state index >= 15 is 0 Å². The number of nitrogens with one attached hydrogen (secondary N) is 1. The number of methoxy groups -OCH3 is 2. The monoisotopic (exact) mass is 410 g/mol. The minimum Gasteiger partial charge on any atom is -0.493 e. The van der Waals surface area contributed by atoms with Crippen LogP contribution >= 0.6 is 0 Å². The van der Waals surface area contributed by atoms with E-state index in [1.165, 1.54) is 0 Å². The van der Waals surface area contributed by atoms with Crippen LogP contribution in [0.1, 0.15) is 25.3 Å². The molecule has 30 heavy (non-hydrogen) atoms. The maximum absolute atomic E-state index is 12.8. The maximum atomic E-state index is 12.8. The summed E-state index contributed by atoms with van der Waals surface area (Å²) in [5.41, 5.74) is 2.58. The second kappa shape index (κ2) is 9.30. The molecule has 0 radical (unpaired) electrons. The first-order valence-electron chi connectivity index (χ1n) is 9.60. The molecule has 8 nitrogen and oxygen atoms in total. The summed E-state index contributed by atoms with van der Waals surface area (Å²) >= 11 is 0. The molecule has 0 aliphatic carbocycles. The summed E-state index contributed by atoms with van der Waals surface area (Å²) < 4.78 is 16.0. The normalized spacial score (nSPS) is 10.7. The molecule has 0 spiro atoms. The van der Waals surface area contributed by atoms with E-state index in [-0.39, 0.29) is 18.6 Å². The van der Waals surface area contributed by atoms with Gasteiger partial charge in [-0.25, -0.2) is 4.79 Å². The zero-order chi connectivity index (χ0) is 21.7. The number of hydrogen-bond donors (Lipinski definition) is 1. The summed E-state index contributed by atoms with van der Waals surface area (Å²) in [6.07, 6.45) is 0. The number of benzene rings is 2. The highest BCUT2D eigenvalue weighted by Crippen LogP contribution is 2.31. The van der Waals surface area contributed by atoms with Gasteiger partial charge in [-0.2, -0.15) is 4.98 Å². The molecule has 1 N–H and O–H groups in total. The molecule has 0 aliphatic heterocycles. The third-order valence-electron chi connectivity index (χ3n) is 4.60. The molecular weight excluding hydrogens is 384 g/mol. The van der Waals surface area contributed by atoms with Crippen molar-refractivity contribution in [2.45, 2.75) is 33.4 Å². The number of rotatable bonds is 7. The zero-order valence-corrected chi connectivity index (χ0v) is 17.8. The highest BCUT2D eigenvalue weighted by atomic mass is 16.5. The molecule has 158 valence electrons. The Kier molecular flexibility index (Phi) is 6.56. The van der Waals surface area contributed by atoms with Gasteiger partial charge in [0.2, 0.25) is 11.7 Å². The highest BCUT2D eigenvalue weighted by Gasteiger charge is 2.21. The van der Waals surface area contributed by atoms with Crippen molar-refractivity contribution in [1.29, 1.82) is 0 Å². The summed E-state index contributed by atoms with van der Waals surface area (Å²) in [5.74, 6) is 1.94. The van der Waals surface area contributed by atoms with Crippen molar-refractivity contribution in [3.8, 4) is 22.9 Å². The standard InChI is InChI=1S/C22H26N4O4/c1-14(2)26(22(27)23-17-9-6-15(3)7-10-17)13-20-24-21(25-30-20)16-8-11-18(28-4)19(12-16)29-5/h6-12,14H,13H2,1-5H3,(H,23,27). The summed E-state index contributed by atoms with van der Waals surface area (Å²) in [7, 11) is 3.14. The van der Waals surface area contributed by atoms with Gasteiger partial charge in [0, 0.05) is 17.3 Å². The molecule has 3 rings (SSSR count). The summed E-state index contributed by atoms with van der Waals surface area (Å²) in [6.45, 7) is 6.05. The predicted molar refractivity (Wildman–Crippen MR) is 114 cm³/mol. The fraction of sp³-hybridized carbons (Fsp3) is 0.318. The first-order valence-corrected chi connectivity index (χ1v) is 9.60. The van der Waals surface area contributed by atoms with Gasteiger partial charge in [-0.05, 0) is 51.1 Å². The van der Waals surface area contributed by atoms with Crippen LogP contribution in [0.5, 0.6) is 11.5 Å². The molecule has 1 aromatic heterocycles. The SMILES string of the molecule is COc1ccc(-c2noc(CN(C(=O)Nc3ccc(C)cc3)C(C)C)n2)cc1OC. The second-order valence-electron chi connectivity index (χ2n) is 7.10. The van der Waals surface area contributed by atoms with Crippen molar-refractivity contribution in [2.75, 3.05) is 19.5 Å². The number of aryl methyl sites for hydroxylation is 1. The van der Waals surface area contributed by atoms with Crippen molar-refractivity contribution < 1.29 is 18.8 Å². The van der Waals surface area contributed by atoms with Crippen LogP contribution in [0.2, 0.25) is 0 Å². The van der Waals surface area contributed by atoms with Crippen LogP contribution in [-0.2, 0) is 6.54 Å². The Bertz CT molecular complexity index is 999. The van der Waals surface area contributed by atoms with Crippen molar-refractivity contribution in [1.82, 2.24) is 15.0 Å². The number of anilines is 1. The molecule has 8 heteroatoms. The Morgan fingerprint density at radius 1 is 1.10 bits per heavy atom. The topological polar surface area (TPSA) is 89.7 Å². The Morgan fingerprint density at radius 2 is 1.80 bits per heavy atom. The van der Waals surface area contributed by atoms with Crippen LogP contribution in [0.4, 0.5) is 10.5 Å². The maximum Gasteiger partial charge on any atom is 0.322 e. The molecule has 2 aromatic carbocycles. The number of nitrogens with zero attached hydrogens (tertiary/aromatic N) is 3. The number of urea groups is 1. The van der Waals surface area contributed by atoms with Crippen molar-refractivity contribution >= 4 is 11.7 Å². The fourth-order valence-electron chi connectivity index (χ4n) is 2.88. The number of ether oxygens (including phenoxy) is 2. The number of amides is 2. The van der Waals surface area contributed by atoms with Gasteiger partial charge < -0.3 is 24.2 Å². The Hall–Kier alpha value is -3.55. The van der Waals surface area contributed by atoms with Gasteiger partial charge >= 0.3 is 6.03 Å². The molecule has 0 saturated carbocycles. The van der Waals surface area contributed by atoms with Crippen LogP contribution in [0.3, 0.4) is 0 Å². The summed E-state index contributed by atoms with van der Waals surface area (Å²) in [4.78, 5) is 18.8. The molecule has 0 unspecified atom stereocenters. The van der Waals surface area contributed by atoms with Crippen molar-refractivity contribution in [2.24, 2.45) is 0 Å². The van der Waals surface area contributed by atoms with Gasteiger partial charge in [0.15, 0.2) is 11.5 Å². The van der Waals surface area contributed by atoms with Crippen molar-refractivity contribution in [3.05, 3.63) is 53.9 Å². The molecule has 0 fully saturated rings. The first kappa shape index (κ1) is 21.2. The van der Waals surface area contributed by atoms with Crippen LogP contribution in [-0.4, -0.2) is 41.3 Å². The van der Waals surface area contributed by atoms with Gasteiger partial charge in [-0.15, -0.1) is 0 Å². The van der Waals surface area contributed by atoms with Crippen LogP contribution in [0.25, 0.3) is 11.4 Å². The fourth-order valence-corrected chi connectivity index (χ4v) is 2.88. The van der Waals surface area contributed by atoms with Crippen LogP contribution < -0.4 is 14.8 Å². The van der Waals surface area contributed by atoms with E-state index < -0.39 is 0 Å². The molecule has 1 heterocycles. The highest BCUT2D eigenvalue weighted by molar-refractivity contribution is 5.89. The molecule has 0 saturated heterocycles. The van der Waals surface area contributed by atoms with Crippen LogP contribution in [0.15, 0.2) is 47.0 Å². The quantitative estimate of drug-likeness (QED) is 0.617. The smallest absolute Gasteiger partial charge is 0.322 e. The predicted octanol–water partition coefficient (Wildman–Crippen LogP) is 4.50. The third-order valence-corrected chi connectivity index (χ3v) is 4.60. The number of hydrogen-bond acceptors (Lipinski definition) is 6. The van der Waals surface area contributed by atoms with E-state index in [1.807, 2.05) is 51.1 Å². The average Bonchev–Trinajstić information content (AvgIpc) is 3.21. The Labute approximate surface area is 175 Å². The number of aromatic nitrogens is 2. The Morgan fingerprint density at radius 3 is 2.43 bits per heavy atom. The molecule has 0 aliphatic rings. The molecule has 0 bridgehead atoms. The van der Waals surface area contributed by atoms with E-state index in [2.05, 4.69) is 15.5 Å². The molecule has 2 amide bonds.